The van der Waals surface area contributed by atoms with E-state index in [9.17, 15) is 4.79 Å². The lowest BCUT2D eigenvalue weighted by Gasteiger charge is -2.04. The zero-order chi connectivity index (χ0) is 11.3. The molecule has 0 aliphatic carbocycles. The summed E-state index contributed by atoms with van der Waals surface area (Å²) < 4.78 is 0. The fraction of sp³-hybridized carbons (Fsp3) is 0.308. The Kier molecular flexibility index (Phi) is 4.10. The lowest BCUT2D eigenvalue weighted by molar-refractivity contribution is 0.101. The highest BCUT2D eigenvalue weighted by molar-refractivity contribution is 5.94. The lowest BCUT2D eigenvalue weighted by Crippen LogP contribution is -1.99. The van der Waals surface area contributed by atoms with Crippen LogP contribution in [0.2, 0.25) is 0 Å². The standard InChI is InChI=1S/C13H17NO/c1-10(2)8-9-14-13-6-4-12(5-7-13)11(3)15/h4-8,14H,9H2,1-3H3. The van der Waals surface area contributed by atoms with Gasteiger partial charge in [-0.3, -0.25) is 4.79 Å². The number of anilines is 1. The van der Waals surface area contributed by atoms with E-state index in [1.54, 1.807) is 6.92 Å². The van der Waals surface area contributed by atoms with Gasteiger partial charge in [0.1, 0.15) is 0 Å². The molecule has 0 saturated heterocycles. The Morgan fingerprint density at radius 1 is 1.20 bits per heavy atom. The molecule has 1 N–H and O–H groups in total. The molecule has 0 atom stereocenters. The van der Waals surface area contributed by atoms with Crippen LogP contribution in [0.15, 0.2) is 35.9 Å². The molecule has 1 rings (SSSR count). The molecular formula is C13H17NO. The Hall–Kier alpha value is -1.57. The molecular weight excluding hydrogens is 186 g/mol. The maximum absolute atomic E-state index is 11.0. The molecule has 0 bridgehead atoms. The fourth-order valence-electron chi connectivity index (χ4n) is 1.20. The first kappa shape index (κ1) is 11.5. The highest BCUT2D eigenvalue weighted by Gasteiger charge is 1.97. The van der Waals surface area contributed by atoms with Crippen LogP contribution in [0.3, 0.4) is 0 Å². The number of rotatable bonds is 4. The number of allylic oxidation sites excluding steroid dienone is 1. The first-order chi connectivity index (χ1) is 7.09. The Morgan fingerprint density at radius 3 is 2.27 bits per heavy atom. The molecule has 0 spiro atoms. The summed E-state index contributed by atoms with van der Waals surface area (Å²) in [6.45, 7) is 6.54. The first-order valence-corrected chi connectivity index (χ1v) is 5.08. The van der Waals surface area contributed by atoms with Crippen LogP contribution in [0.5, 0.6) is 0 Å². The van der Waals surface area contributed by atoms with Gasteiger partial charge in [0.15, 0.2) is 5.78 Å². The molecule has 0 aliphatic heterocycles. The highest BCUT2D eigenvalue weighted by Crippen LogP contribution is 2.09. The second-order valence-corrected chi connectivity index (χ2v) is 3.80. The Morgan fingerprint density at radius 2 is 1.80 bits per heavy atom. The van der Waals surface area contributed by atoms with Gasteiger partial charge in [-0.05, 0) is 45.0 Å². The van der Waals surface area contributed by atoms with Gasteiger partial charge < -0.3 is 5.32 Å². The van der Waals surface area contributed by atoms with Gasteiger partial charge in [-0.25, -0.2) is 0 Å². The first-order valence-electron chi connectivity index (χ1n) is 5.08. The van der Waals surface area contributed by atoms with Crippen molar-refractivity contribution in [3.63, 3.8) is 0 Å². The molecule has 0 heterocycles. The van der Waals surface area contributed by atoms with Crippen molar-refractivity contribution in [3.05, 3.63) is 41.5 Å². The fourth-order valence-corrected chi connectivity index (χ4v) is 1.20. The van der Waals surface area contributed by atoms with Crippen molar-refractivity contribution in [1.82, 2.24) is 0 Å². The average molecular weight is 203 g/mol. The van der Waals surface area contributed by atoms with Crippen LogP contribution in [0.4, 0.5) is 5.69 Å². The van der Waals surface area contributed by atoms with Crippen molar-refractivity contribution >= 4 is 11.5 Å². The molecule has 1 aromatic carbocycles. The summed E-state index contributed by atoms with van der Waals surface area (Å²) in [6.07, 6.45) is 2.12. The molecule has 1 aromatic rings. The van der Waals surface area contributed by atoms with E-state index in [1.165, 1.54) is 5.57 Å². The largest absolute Gasteiger partial charge is 0.382 e. The number of nitrogens with one attached hydrogen (secondary N) is 1. The van der Waals surface area contributed by atoms with E-state index in [0.717, 1.165) is 17.8 Å². The minimum atomic E-state index is 0.103. The van der Waals surface area contributed by atoms with Gasteiger partial charge >= 0.3 is 0 Å². The van der Waals surface area contributed by atoms with Crippen LogP contribution >= 0.6 is 0 Å². The topological polar surface area (TPSA) is 29.1 Å². The van der Waals surface area contributed by atoms with Crippen molar-refractivity contribution in [2.75, 3.05) is 11.9 Å². The van der Waals surface area contributed by atoms with Crippen LogP contribution in [-0.4, -0.2) is 12.3 Å². The Balaban J connectivity index is 2.57. The summed E-state index contributed by atoms with van der Waals surface area (Å²) in [7, 11) is 0. The van der Waals surface area contributed by atoms with Crippen molar-refractivity contribution in [2.45, 2.75) is 20.8 Å². The van der Waals surface area contributed by atoms with E-state index in [1.807, 2.05) is 24.3 Å². The van der Waals surface area contributed by atoms with Crippen LogP contribution in [0.25, 0.3) is 0 Å². The molecule has 0 aliphatic rings. The maximum Gasteiger partial charge on any atom is 0.159 e. The minimum Gasteiger partial charge on any atom is -0.382 e. The maximum atomic E-state index is 11.0. The zero-order valence-corrected chi connectivity index (χ0v) is 9.50. The van der Waals surface area contributed by atoms with Gasteiger partial charge in [-0.15, -0.1) is 0 Å². The second kappa shape index (κ2) is 5.35. The van der Waals surface area contributed by atoms with E-state index >= 15 is 0 Å². The van der Waals surface area contributed by atoms with Gasteiger partial charge in [0.25, 0.3) is 0 Å². The summed E-state index contributed by atoms with van der Waals surface area (Å²) in [5, 5.41) is 3.25. The van der Waals surface area contributed by atoms with E-state index < -0.39 is 0 Å². The lowest BCUT2D eigenvalue weighted by atomic mass is 10.1. The van der Waals surface area contributed by atoms with Crippen molar-refractivity contribution in [2.24, 2.45) is 0 Å². The van der Waals surface area contributed by atoms with Crippen molar-refractivity contribution < 1.29 is 4.79 Å². The molecule has 2 nitrogen and oxygen atoms in total. The molecule has 0 radical (unpaired) electrons. The molecule has 0 unspecified atom stereocenters. The number of benzene rings is 1. The number of carbonyl (C=O) groups is 1. The molecule has 0 saturated carbocycles. The average Bonchev–Trinajstić information content (AvgIpc) is 2.18. The monoisotopic (exact) mass is 203 g/mol. The molecule has 15 heavy (non-hydrogen) atoms. The summed E-state index contributed by atoms with van der Waals surface area (Å²) in [5.41, 5.74) is 3.09. The number of hydrogen-bond acceptors (Lipinski definition) is 2. The number of Topliss-reactive ketones (excluding diaryl/α,β-unsaturated/α-hetero) is 1. The third-order valence-corrected chi connectivity index (χ3v) is 2.11. The molecule has 0 amide bonds. The van der Waals surface area contributed by atoms with Gasteiger partial charge in [-0.1, -0.05) is 11.6 Å². The van der Waals surface area contributed by atoms with Crippen LogP contribution in [0.1, 0.15) is 31.1 Å². The molecule has 80 valence electrons. The number of ketones is 1. The summed E-state index contributed by atoms with van der Waals surface area (Å²) in [4.78, 5) is 11.0. The van der Waals surface area contributed by atoms with Crippen LogP contribution < -0.4 is 5.32 Å². The Bertz CT molecular complexity index is 359. The zero-order valence-electron chi connectivity index (χ0n) is 9.50. The van der Waals surface area contributed by atoms with E-state index in [2.05, 4.69) is 25.2 Å². The second-order valence-electron chi connectivity index (χ2n) is 3.80. The van der Waals surface area contributed by atoms with Crippen LogP contribution in [0, 0.1) is 0 Å². The minimum absolute atomic E-state index is 0.103. The van der Waals surface area contributed by atoms with Crippen molar-refractivity contribution in [3.8, 4) is 0 Å². The Labute approximate surface area is 91.0 Å². The third-order valence-electron chi connectivity index (χ3n) is 2.11. The quantitative estimate of drug-likeness (QED) is 0.601. The van der Waals surface area contributed by atoms with E-state index in [-0.39, 0.29) is 5.78 Å². The molecule has 0 fully saturated rings. The van der Waals surface area contributed by atoms with Gasteiger partial charge in [0.05, 0.1) is 0 Å². The highest BCUT2D eigenvalue weighted by atomic mass is 16.1. The summed E-state index contributed by atoms with van der Waals surface area (Å²) in [6, 6.07) is 7.53. The third kappa shape index (κ3) is 3.98. The SMILES string of the molecule is CC(=O)c1ccc(NCC=C(C)C)cc1. The van der Waals surface area contributed by atoms with Gasteiger partial charge in [0.2, 0.25) is 0 Å². The number of hydrogen-bond donors (Lipinski definition) is 1. The normalized spacial score (nSPS) is 9.53. The summed E-state index contributed by atoms with van der Waals surface area (Å²) >= 11 is 0. The van der Waals surface area contributed by atoms with Crippen LogP contribution in [-0.2, 0) is 0 Å². The van der Waals surface area contributed by atoms with E-state index in [0.29, 0.717) is 0 Å². The predicted octanol–water partition coefficient (Wildman–Crippen LogP) is 3.27. The predicted molar refractivity (Wildman–Crippen MR) is 64.4 cm³/mol. The number of carbonyl (C=O) groups excluding carboxylic acids is 1. The summed E-state index contributed by atoms with van der Waals surface area (Å²) in [5.74, 6) is 0.103. The molecule has 2 heteroatoms. The van der Waals surface area contributed by atoms with Gasteiger partial charge in [-0.2, -0.15) is 0 Å². The van der Waals surface area contributed by atoms with Gasteiger partial charge in [0, 0.05) is 17.8 Å². The van der Waals surface area contributed by atoms with Crippen molar-refractivity contribution in [1.29, 1.82) is 0 Å². The smallest absolute Gasteiger partial charge is 0.159 e. The molecule has 0 aromatic heterocycles. The van der Waals surface area contributed by atoms with E-state index in [4.69, 9.17) is 0 Å².